The molecule has 5 rings (SSSR count). The van der Waals surface area contributed by atoms with Gasteiger partial charge in [0, 0.05) is 43.0 Å². The van der Waals surface area contributed by atoms with Crippen molar-refractivity contribution >= 4 is 39.5 Å². The smallest absolute Gasteiger partial charge is 0.274 e. The number of hydrogen-bond acceptors (Lipinski definition) is 5. The summed E-state index contributed by atoms with van der Waals surface area (Å²) in [6.45, 7) is 5.68. The van der Waals surface area contributed by atoms with Crippen LogP contribution in [0.5, 0.6) is 0 Å². The Morgan fingerprint density at radius 3 is 2.72 bits per heavy atom. The van der Waals surface area contributed by atoms with Gasteiger partial charge in [0.1, 0.15) is 17.0 Å². The first-order valence-electron chi connectivity index (χ1n) is 11.6. The van der Waals surface area contributed by atoms with Gasteiger partial charge in [0.25, 0.3) is 11.5 Å². The first-order chi connectivity index (χ1) is 17.0. The monoisotopic (exact) mass is 512 g/mol. The zero-order valence-electron chi connectivity index (χ0n) is 20.3. The van der Waals surface area contributed by atoms with Gasteiger partial charge >= 0.3 is 0 Å². The number of nitrogens with one attached hydrogen (secondary N) is 2. The van der Waals surface area contributed by atoms with Crippen molar-refractivity contribution in [1.82, 2.24) is 14.9 Å². The van der Waals surface area contributed by atoms with Gasteiger partial charge in [-0.3, -0.25) is 9.59 Å². The molecule has 36 heavy (non-hydrogen) atoms. The molecule has 0 atom stereocenters. The van der Waals surface area contributed by atoms with Crippen molar-refractivity contribution in [3.63, 3.8) is 0 Å². The molecule has 10 heteroatoms. The standard InChI is InChI=1S/C26H26F2N4O3S/c1-5-29-24(33)17-11-15-16(12-31(4)25(34)20(15)30-17)22-21(19(28)23(36-22)26(2,3)35)32-9-8-13-10-14(27)6-7-18(13)32/h6-7,10-12,30,35H,5,8-9H2,1-4H3,(H,29,33). The number of H-pyrrole nitrogens is 1. The topological polar surface area (TPSA) is 90.4 Å². The molecule has 0 fully saturated rings. The fraction of sp³-hybridized carbons (Fsp3) is 0.308. The van der Waals surface area contributed by atoms with E-state index in [0.717, 1.165) is 16.9 Å². The quantitative estimate of drug-likeness (QED) is 0.366. The van der Waals surface area contributed by atoms with E-state index in [4.69, 9.17) is 0 Å². The number of anilines is 2. The number of hydrogen-bond donors (Lipinski definition) is 3. The van der Waals surface area contributed by atoms with E-state index in [1.54, 1.807) is 37.2 Å². The van der Waals surface area contributed by atoms with Gasteiger partial charge in [-0.05, 0) is 57.0 Å². The number of amides is 1. The van der Waals surface area contributed by atoms with Crippen LogP contribution in [0.1, 0.15) is 41.7 Å². The number of aliphatic hydroxyl groups is 1. The highest BCUT2D eigenvalue weighted by molar-refractivity contribution is 7.16. The number of halogens is 2. The molecule has 0 saturated carbocycles. The van der Waals surface area contributed by atoms with Crippen LogP contribution in [0.15, 0.2) is 35.3 Å². The largest absolute Gasteiger partial charge is 0.385 e. The zero-order valence-corrected chi connectivity index (χ0v) is 21.1. The maximum absolute atomic E-state index is 16.1. The SMILES string of the molecule is CCNC(=O)c1cc2c(-c3sc(C(C)(C)O)c(F)c3N3CCc4cc(F)ccc43)cn(C)c(=O)c2[nH]1. The Hall–Kier alpha value is -3.50. The molecule has 4 aromatic rings. The summed E-state index contributed by atoms with van der Waals surface area (Å²) in [5.41, 5.74) is 0.915. The van der Waals surface area contributed by atoms with Gasteiger partial charge in [-0.2, -0.15) is 0 Å². The highest BCUT2D eigenvalue weighted by Crippen LogP contribution is 2.50. The van der Waals surface area contributed by atoms with Gasteiger partial charge < -0.3 is 24.9 Å². The molecule has 0 spiro atoms. The summed E-state index contributed by atoms with van der Waals surface area (Å²) >= 11 is 1.10. The molecule has 0 aliphatic carbocycles. The Morgan fingerprint density at radius 1 is 1.28 bits per heavy atom. The molecular formula is C26H26F2N4O3S. The van der Waals surface area contributed by atoms with E-state index in [2.05, 4.69) is 10.3 Å². The maximum atomic E-state index is 16.1. The lowest BCUT2D eigenvalue weighted by Crippen LogP contribution is -2.23. The number of carbonyl (C=O) groups excluding carboxylic acids is 1. The number of aromatic amines is 1. The summed E-state index contributed by atoms with van der Waals surface area (Å²) in [6, 6.07) is 6.01. The molecule has 1 amide bonds. The number of aryl methyl sites for hydroxylation is 1. The lowest BCUT2D eigenvalue weighted by atomic mass is 10.1. The Balaban J connectivity index is 1.80. The molecule has 0 saturated heterocycles. The highest BCUT2D eigenvalue weighted by Gasteiger charge is 2.35. The minimum atomic E-state index is -1.46. The molecule has 3 aromatic heterocycles. The third-order valence-corrected chi connectivity index (χ3v) is 7.88. The third-order valence-electron chi connectivity index (χ3n) is 6.38. The molecule has 0 unspecified atom stereocenters. The Bertz CT molecular complexity index is 1580. The molecule has 4 heterocycles. The van der Waals surface area contributed by atoms with E-state index in [1.807, 2.05) is 0 Å². The zero-order chi connectivity index (χ0) is 25.9. The molecule has 0 radical (unpaired) electrons. The number of benzene rings is 1. The number of rotatable bonds is 5. The number of fused-ring (bicyclic) bond motifs is 2. The Kier molecular flexibility index (Phi) is 5.76. The highest BCUT2D eigenvalue weighted by atomic mass is 32.1. The van der Waals surface area contributed by atoms with Gasteiger partial charge in [0.2, 0.25) is 0 Å². The van der Waals surface area contributed by atoms with Gasteiger partial charge in [-0.15, -0.1) is 11.3 Å². The van der Waals surface area contributed by atoms with Gasteiger partial charge in [-0.1, -0.05) is 0 Å². The minimum Gasteiger partial charge on any atom is -0.385 e. The minimum absolute atomic E-state index is 0.143. The number of pyridine rings is 1. The van der Waals surface area contributed by atoms with Crippen molar-refractivity contribution in [2.45, 2.75) is 32.8 Å². The van der Waals surface area contributed by atoms with Gasteiger partial charge in [0.15, 0.2) is 5.82 Å². The van der Waals surface area contributed by atoms with Crippen LogP contribution in [0.25, 0.3) is 21.3 Å². The third kappa shape index (κ3) is 3.81. The number of aromatic nitrogens is 2. The van der Waals surface area contributed by atoms with Crippen LogP contribution >= 0.6 is 11.3 Å². The molecule has 0 bridgehead atoms. The van der Waals surface area contributed by atoms with Crippen LogP contribution in [0, 0.1) is 11.6 Å². The molecule has 1 aromatic carbocycles. The van der Waals surface area contributed by atoms with Crippen molar-refractivity contribution in [2.24, 2.45) is 7.05 Å². The normalized spacial score (nSPS) is 13.5. The lowest BCUT2D eigenvalue weighted by molar-refractivity contribution is 0.0789. The molecule has 3 N–H and O–H groups in total. The Labute approximate surface area is 210 Å². The maximum Gasteiger partial charge on any atom is 0.274 e. The molecule has 188 valence electrons. The second-order valence-electron chi connectivity index (χ2n) is 9.45. The van der Waals surface area contributed by atoms with E-state index in [-0.39, 0.29) is 39.1 Å². The summed E-state index contributed by atoms with van der Waals surface area (Å²) in [7, 11) is 1.59. The van der Waals surface area contributed by atoms with Crippen LogP contribution in [0.4, 0.5) is 20.2 Å². The first-order valence-corrected chi connectivity index (χ1v) is 12.4. The number of thiophene rings is 1. The van der Waals surface area contributed by atoms with Crippen LogP contribution in [0.3, 0.4) is 0 Å². The van der Waals surface area contributed by atoms with E-state index in [0.29, 0.717) is 41.0 Å². The van der Waals surface area contributed by atoms with E-state index in [9.17, 15) is 19.1 Å². The predicted molar refractivity (Wildman–Crippen MR) is 137 cm³/mol. The summed E-state index contributed by atoms with van der Waals surface area (Å²) < 4.78 is 31.4. The fourth-order valence-corrected chi connectivity index (χ4v) is 5.92. The fourth-order valence-electron chi connectivity index (χ4n) is 4.71. The lowest BCUT2D eigenvalue weighted by Gasteiger charge is -2.21. The number of carbonyl (C=O) groups is 1. The van der Waals surface area contributed by atoms with Crippen molar-refractivity contribution in [3.8, 4) is 10.4 Å². The van der Waals surface area contributed by atoms with Crippen molar-refractivity contribution < 1.29 is 18.7 Å². The van der Waals surface area contributed by atoms with Crippen LogP contribution in [0.2, 0.25) is 0 Å². The molecule has 7 nitrogen and oxygen atoms in total. The average Bonchev–Trinajstić information content (AvgIpc) is 3.51. The van der Waals surface area contributed by atoms with E-state index >= 15 is 4.39 Å². The van der Waals surface area contributed by atoms with Crippen LogP contribution in [-0.2, 0) is 19.1 Å². The first kappa shape index (κ1) is 24.2. The van der Waals surface area contributed by atoms with Crippen LogP contribution < -0.4 is 15.8 Å². The average molecular weight is 513 g/mol. The summed E-state index contributed by atoms with van der Waals surface area (Å²) in [6.07, 6.45) is 2.15. The molecule has 1 aliphatic rings. The number of nitrogens with zero attached hydrogens (tertiary/aromatic N) is 2. The van der Waals surface area contributed by atoms with Crippen molar-refractivity contribution in [2.75, 3.05) is 18.0 Å². The second-order valence-corrected chi connectivity index (χ2v) is 10.5. The summed E-state index contributed by atoms with van der Waals surface area (Å²) in [5, 5.41) is 14.0. The second kappa shape index (κ2) is 8.56. The molecule has 1 aliphatic heterocycles. The van der Waals surface area contributed by atoms with Crippen molar-refractivity contribution in [1.29, 1.82) is 0 Å². The van der Waals surface area contributed by atoms with E-state index in [1.165, 1.54) is 30.5 Å². The van der Waals surface area contributed by atoms with Crippen LogP contribution in [-0.4, -0.2) is 33.7 Å². The van der Waals surface area contributed by atoms with Crippen molar-refractivity contribution in [3.05, 3.63) is 68.6 Å². The Morgan fingerprint density at radius 2 is 2.03 bits per heavy atom. The summed E-state index contributed by atoms with van der Waals surface area (Å²) in [4.78, 5) is 30.8. The summed E-state index contributed by atoms with van der Waals surface area (Å²) in [5.74, 6) is -1.28. The van der Waals surface area contributed by atoms with E-state index < -0.39 is 11.4 Å². The van der Waals surface area contributed by atoms with Gasteiger partial charge in [0.05, 0.1) is 21.0 Å². The van der Waals surface area contributed by atoms with Gasteiger partial charge in [-0.25, -0.2) is 8.78 Å². The predicted octanol–water partition coefficient (Wildman–Crippen LogP) is 4.54. The molecular weight excluding hydrogens is 486 g/mol.